The number of hydrogen-bond acceptors (Lipinski definition) is 5. The molecular weight excluding hydrogens is 460 g/mol. The van der Waals surface area contributed by atoms with Gasteiger partial charge in [0, 0.05) is 13.1 Å². The normalized spacial score (nSPS) is 16.2. The van der Waals surface area contributed by atoms with E-state index >= 15 is 0 Å². The minimum absolute atomic E-state index is 0.0363. The Morgan fingerprint density at radius 3 is 2.33 bits per heavy atom. The van der Waals surface area contributed by atoms with Gasteiger partial charge < -0.3 is 19.5 Å². The highest BCUT2D eigenvalue weighted by Gasteiger charge is 2.38. The summed E-state index contributed by atoms with van der Waals surface area (Å²) in [4.78, 5) is 39.8. The van der Waals surface area contributed by atoms with Crippen molar-refractivity contribution in [1.29, 1.82) is 0 Å². The van der Waals surface area contributed by atoms with Crippen LogP contribution in [-0.4, -0.2) is 58.7 Å². The van der Waals surface area contributed by atoms with Crippen molar-refractivity contribution in [2.24, 2.45) is 0 Å². The van der Waals surface area contributed by atoms with E-state index in [9.17, 15) is 19.5 Å². The van der Waals surface area contributed by atoms with Crippen molar-refractivity contribution in [3.05, 3.63) is 95.1 Å². The minimum Gasteiger partial charge on any atom is -0.480 e. The third kappa shape index (κ3) is 4.75. The summed E-state index contributed by atoms with van der Waals surface area (Å²) in [6.07, 6.45) is -0.564. The van der Waals surface area contributed by atoms with Gasteiger partial charge in [0.15, 0.2) is 6.04 Å². The predicted octanol–water partition coefficient (Wildman–Crippen LogP) is 4.30. The number of carboxylic acids is 1. The van der Waals surface area contributed by atoms with E-state index in [0.717, 1.165) is 28.7 Å². The molecule has 1 aliphatic carbocycles. The predicted molar refractivity (Wildman–Crippen MR) is 131 cm³/mol. The summed E-state index contributed by atoms with van der Waals surface area (Å²) in [5.41, 5.74) is 6.39. The SMILES string of the molecule is O=C(O)[C@@H]1CN(C(=O)OCc2ccccc2)CCN1C(=O)OCc1cccc2c1Cc1ccccc1-2. The first-order valence-electron chi connectivity index (χ1n) is 11.8. The molecule has 3 aromatic carbocycles. The van der Waals surface area contributed by atoms with Crippen LogP contribution in [0.25, 0.3) is 11.1 Å². The highest BCUT2D eigenvalue weighted by Crippen LogP contribution is 2.38. The Morgan fingerprint density at radius 1 is 0.806 bits per heavy atom. The first-order chi connectivity index (χ1) is 17.5. The average molecular weight is 487 g/mol. The van der Waals surface area contributed by atoms with Crippen LogP contribution in [0.5, 0.6) is 0 Å². The number of benzene rings is 3. The summed E-state index contributed by atoms with van der Waals surface area (Å²) >= 11 is 0. The zero-order chi connectivity index (χ0) is 25.1. The fourth-order valence-electron chi connectivity index (χ4n) is 4.77. The van der Waals surface area contributed by atoms with E-state index in [4.69, 9.17) is 9.47 Å². The fourth-order valence-corrected chi connectivity index (χ4v) is 4.77. The molecule has 1 atom stereocenters. The first-order valence-corrected chi connectivity index (χ1v) is 11.8. The lowest BCUT2D eigenvalue weighted by atomic mass is 10.0. The molecule has 36 heavy (non-hydrogen) atoms. The molecule has 0 saturated carbocycles. The number of hydrogen-bond donors (Lipinski definition) is 1. The second kappa shape index (κ2) is 10.1. The summed E-state index contributed by atoms with van der Waals surface area (Å²) in [6, 6.07) is 22.1. The van der Waals surface area contributed by atoms with Crippen LogP contribution in [0.15, 0.2) is 72.8 Å². The van der Waals surface area contributed by atoms with Gasteiger partial charge in [-0.3, -0.25) is 4.90 Å². The Kier molecular flexibility index (Phi) is 6.58. The Morgan fingerprint density at radius 2 is 1.53 bits per heavy atom. The summed E-state index contributed by atoms with van der Waals surface area (Å²) < 4.78 is 10.9. The Hall–Kier alpha value is -4.33. The lowest BCUT2D eigenvalue weighted by molar-refractivity contribution is -0.144. The Bertz CT molecular complexity index is 1290. The fraction of sp³-hybridized carbons (Fsp3) is 0.250. The summed E-state index contributed by atoms with van der Waals surface area (Å²) in [7, 11) is 0. The average Bonchev–Trinajstić information content (AvgIpc) is 3.30. The first kappa shape index (κ1) is 23.4. The number of aliphatic carboxylic acids is 1. The maximum atomic E-state index is 12.9. The number of carbonyl (C=O) groups excluding carboxylic acids is 2. The number of amides is 2. The van der Waals surface area contributed by atoms with Crippen molar-refractivity contribution in [1.82, 2.24) is 9.80 Å². The Labute approximate surface area is 208 Å². The zero-order valence-corrected chi connectivity index (χ0v) is 19.6. The molecule has 8 nitrogen and oxygen atoms in total. The van der Waals surface area contributed by atoms with E-state index in [1.165, 1.54) is 20.9 Å². The van der Waals surface area contributed by atoms with Crippen LogP contribution in [0.3, 0.4) is 0 Å². The van der Waals surface area contributed by atoms with Gasteiger partial charge >= 0.3 is 18.2 Å². The molecular formula is C28H26N2O6. The molecule has 1 saturated heterocycles. The molecule has 0 spiro atoms. The number of carboxylic acid groups (broad SMARTS) is 1. The molecule has 0 bridgehead atoms. The van der Waals surface area contributed by atoms with Crippen LogP contribution in [0, 0.1) is 0 Å². The van der Waals surface area contributed by atoms with E-state index in [-0.39, 0.29) is 32.8 Å². The van der Waals surface area contributed by atoms with Gasteiger partial charge in [0.25, 0.3) is 0 Å². The number of carbonyl (C=O) groups is 3. The lowest BCUT2D eigenvalue weighted by Crippen LogP contribution is -2.59. The van der Waals surface area contributed by atoms with Crippen LogP contribution >= 0.6 is 0 Å². The molecule has 3 aromatic rings. The zero-order valence-electron chi connectivity index (χ0n) is 19.6. The van der Waals surface area contributed by atoms with Gasteiger partial charge in [-0.05, 0) is 39.8 Å². The molecule has 0 unspecified atom stereocenters. The standard InChI is InChI=1S/C28H26N2O6/c31-26(32)25-16-29(27(33)35-17-19-7-2-1-3-8-19)13-14-30(25)28(34)36-18-21-10-6-12-23-22-11-5-4-9-20(22)15-24(21)23/h1-12,25H,13-18H2,(H,31,32)/t25-/m0/s1. The molecule has 2 amide bonds. The molecule has 1 heterocycles. The number of rotatable bonds is 5. The van der Waals surface area contributed by atoms with Crippen LogP contribution < -0.4 is 0 Å². The van der Waals surface area contributed by atoms with Crippen LogP contribution in [0.1, 0.15) is 22.3 Å². The van der Waals surface area contributed by atoms with Gasteiger partial charge in [-0.15, -0.1) is 0 Å². The largest absolute Gasteiger partial charge is 0.480 e. The molecule has 184 valence electrons. The maximum absolute atomic E-state index is 12.9. The highest BCUT2D eigenvalue weighted by molar-refractivity contribution is 5.82. The van der Waals surface area contributed by atoms with Gasteiger partial charge in [-0.2, -0.15) is 0 Å². The van der Waals surface area contributed by atoms with Crippen molar-refractivity contribution in [2.45, 2.75) is 25.7 Å². The van der Waals surface area contributed by atoms with Crippen LogP contribution in [0.4, 0.5) is 9.59 Å². The quantitative estimate of drug-likeness (QED) is 0.452. The van der Waals surface area contributed by atoms with E-state index in [2.05, 4.69) is 18.2 Å². The van der Waals surface area contributed by atoms with E-state index in [1.54, 1.807) is 0 Å². The molecule has 0 aromatic heterocycles. The van der Waals surface area contributed by atoms with Gasteiger partial charge in [0.05, 0.1) is 6.54 Å². The Balaban J connectivity index is 1.20. The summed E-state index contributed by atoms with van der Waals surface area (Å²) in [5, 5.41) is 9.75. The van der Waals surface area contributed by atoms with E-state index < -0.39 is 24.2 Å². The summed E-state index contributed by atoms with van der Waals surface area (Å²) in [5.74, 6) is -1.21. The van der Waals surface area contributed by atoms with Gasteiger partial charge in [0.1, 0.15) is 13.2 Å². The van der Waals surface area contributed by atoms with Crippen LogP contribution in [0.2, 0.25) is 0 Å². The van der Waals surface area contributed by atoms with Crippen molar-refractivity contribution < 1.29 is 29.0 Å². The van der Waals surface area contributed by atoms with Gasteiger partial charge in [-0.1, -0.05) is 72.8 Å². The highest BCUT2D eigenvalue weighted by atomic mass is 16.6. The maximum Gasteiger partial charge on any atom is 0.410 e. The topological polar surface area (TPSA) is 96.4 Å². The molecule has 1 aliphatic heterocycles. The number of nitrogens with zero attached hydrogens (tertiary/aromatic N) is 2. The van der Waals surface area contributed by atoms with Crippen molar-refractivity contribution in [3.63, 3.8) is 0 Å². The molecule has 0 radical (unpaired) electrons. The monoisotopic (exact) mass is 486 g/mol. The molecule has 2 aliphatic rings. The smallest absolute Gasteiger partial charge is 0.410 e. The molecule has 8 heteroatoms. The third-order valence-corrected chi connectivity index (χ3v) is 6.66. The second-order valence-corrected chi connectivity index (χ2v) is 8.87. The molecule has 5 rings (SSSR count). The number of fused-ring (bicyclic) bond motifs is 3. The van der Waals surface area contributed by atoms with Gasteiger partial charge in [0.2, 0.25) is 0 Å². The van der Waals surface area contributed by atoms with Crippen molar-refractivity contribution in [3.8, 4) is 11.1 Å². The molecule has 1 fully saturated rings. The molecule has 1 N–H and O–H groups in total. The number of piperazine rings is 1. The van der Waals surface area contributed by atoms with Crippen LogP contribution in [-0.2, 0) is 33.9 Å². The summed E-state index contributed by atoms with van der Waals surface area (Å²) in [6.45, 7) is 0.151. The van der Waals surface area contributed by atoms with E-state index in [1.807, 2.05) is 54.6 Å². The minimum atomic E-state index is -1.22. The van der Waals surface area contributed by atoms with Crippen molar-refractivity contribution in [2.75, 3.05) is 19.6 Å². The second-order valence-electron chi connectivity index (χ2n) is 8.87. The van der Waals surface area contributed by atoms with E-state index in [0.29, 0.717) is 0 Å². The number of ether oxygens (including phenoxy) is 2. The van der Waals surface area contributed by atoms with Gasteiger partial charge in [-0.25, -0.2) is 14.4 Å². The van der Waals surface area contributed by atoms with Crippen molar-refractivity contribution >= 4 is 18.2 Å². The third-order valence-electron chi connectivity index (χ3n) is 6.66. The lowest BCUT2D eigenvalue weighted by Gasteiger charge is -2.37.